The summed E-state index contributed by atoms with van der Waals surface area (Å²) in [5.74, 6) is 1.52. The number of allylic oxidation sites excluding steroid dienone is 1. The van der Waals surface area contributed by atoms with Gasteiger partial charge in [0.05, 0.1) is 18.0 Å². The molecule has 0 spiro atoms. The van der Waals surface area contributed by atoms with Crippen LogP contribution < -0.4 is 10.3 Å². The number of hydrogen-bond acceptors (Lipinski definition) is 3. The Hall–Kier alpha value is -2.59. The van der Waals surface area contributed by atoms with Gasteiger partial charge in [-0.1, -0.05) is 23.7 Å². The Kier molecular flexibility index (Phi) is 3.62. The van der Waals surface area contributed by atoms with Crippen molar-refractivity contribution in [1.29, 1.82) is 0 Å². The van der Waals surface area contributed by atoms with E-state index < -0.39 is 0 Å². The van der Waals surface area contributed by atoms with Gasteiger partial charge in [-0.2, -0.15) is 0 Å². The summed E-state index contributed by atoms with van der Waals surface area (Å²) in [6.45, 7) is 0.648. The van der Waals surface area contributed by atoms with E-state index >= 15 is 0 Å². The molecule has 4 nitrogen and oxygen atoms in total. The highest BCUT2D eigenvalue weighted by atomic mass is 35.5. The molecule has 5 heteroatoms. The topological polar surface area (TPSA) is 44.1 Å². The summed E-state index contributed by atoms with van der Waals surface area (Å²) in [5, 5.41) is 1.18. The lowest BCUT2D eigenvalue weighted by Gasteiger charge is -2.06. The minimum absolute atomic E-state index is 0.0132. The van der Waals surface area contributed by atoms with Crippen molar-refractivity contribution in [2.45, 2.75) is 13.0 Å². The van der Waals surface area contributed by atoms with Gasteiger partial charge in [-0.3, -0.25) is 9.36 Å². The second-order valence-electron chi connectivity index (χ2n) is 5.75. The van der Waals surface area contributed by atoms with E-state index in [0.29, 0.717) is 22.5 Å². The monoisotopic (exact) mass is 338 g/mol. The van der Waals surface area contributed by atoms with Gasteiger partial charge in [0.15, 0.2) is 0 Å². The van der Waals surface area contributed by atoms with Crippen LogP contribution in [0.3, 0.4) is 0 Å². The molecular formula is C19H15ClN2O2. The third-order valence-corrected chi connectivity index (χ3v) is 4.48. The molecule has 24 heavy (non-hydrogen) atoms. The number of fused-ring (bicyclic) bond motifs is 2. The van der Waals surface area contributed by atoms with Crippen LogP contribution in [0.15, 0.2) is 47.3 Å². The highest BCUT2D eigenvalue weighted by Crippen LogP contribution is 2.28. The maximum Gasteiger partial charge on any atom is 0.261 e. The first-order valence-electron chi connectivity index (χ1n) is 7.71. The van der Waals surface area contributed by atoms with E-state index in [1.165, 1.54) is 0 Å². The van der Waals surface area contributed by atoms with Gasteiger partial charge in [-0.25, -0.2) is 4.98 Å². The van der Waals surface area contributed by atoms with Crippen LogP contribution in [-0.4, -0.2) is 16.7 Å². The van der Waals surface area contributed by atoms with Crippen LogP contribution >= 0.6 is 11.6 Å². The summed E-state index contributed by atoms with van der Waals surface area (Å²) >= 11 is 6.04. The van der Waals surface area contributed by atoms with Gasteiger partial charge in [0.2, 0.25) is 0 Å². The molecule has 120 valence electrons. The summed E-state index contributed by atoms with van der Waals surface area (Å²) in [5.41, 5.74) is 2.69. The molecule has 0 aliphatic carbocycles. The number of benzene rings is 2. The predicted molar refractivity (Wildman–Crippen MR) is 96.5 cm³/mol. The van der Waals surface area contributed by atoms with E-state index in [9.17, 15) is 4.79 Å². The van der Waals surface area contributed by atoms with Crippen molar-refractivity contribution in [3.8, 4) is 5.75 Å². The molecule has 1 aliphatic rings. The average Bonchev–Trinajstić information content (AvgIpc) is 2.98. The minimum atomic E-state index is -0.0132. The van der Waals surface area contributed by atoms with Crippen LogP contribution in [0.2, 0.25) is 5.02 Å². The number of aromatic nitrogens is 2. The molecule has 0 unspecified atom stereocenters. The van der Waals surface area contributed by atoms with Crippen LogP contribution in [0.1, 0.15) is 17.8 Å². The van der Waals surface area contributed by atoms with E-state index in [2.05, 4.69) is 11.1 Å². The summed E-state index contributed by atoms with van der Waals surface area (Å²) in [6, 6.07) is 13.0. The van der Waals surface area contributed by atoms with Crippen LogP contribution in [0.5, 0.6) is 5.75 Å². The highest BCUT2D eigenvalue weighted by molar-refractivity contribution is 6.31. The van der Waals surface area contributed by atoms with Gasteiger partial charge in [-0.05, 0) is 54.0 Å². The first-order chi connectivity index (χ1) is 11.7. The lowest BCUT2D eigenvalue weighted by Crippen LogP contribution is -2.20. The van der Waals surface area contributed by atoms with Crippen molar-refractivity contribution >= 4 is 34.2 Å². The third kappa shape index (κ3) is 2.49. The SMILES string of the molecule is COc1cccc(/C=C2\CCn3c2nc2cc(Cl)ccc2c3=O)c1. The van der Waals surface area contributed by atoms with Crippen molar-refractivity contribution in [3.05, 3.63) is 69.2 Å². The van der Waals surface area contributed by atoms with E-state index in [0.717, 1.165) is 29.1 Å². The van der Waals surface area contributed by atoms with Crippen LogP contribution in [0.4, 0.5) is 0 Å². The number of rotatable bonds is 2. The normalized spacial score (nSPS) is 15.0. The first kappa shape index (κ1) is 15.0. The molecule has 2 heterocycles. The molecule has 0 saturated carbocycles. The molecule has 2 aromatic carbocycles. The van der Waals surface area contributed by atoms with E-state index in [1.54, 1.807) is 29.9 Å². The lowest BCUT2D eigenvalue weighted by atomic mass is 10.1. The highest BCUT2D eigenvalue weighted by Gasteiger charge is 2.20. The summed E-state index contributed by atoms with van der Waals surface area (Å²) in [7, 11) is 1.65. The van der Waals surface area contributed by atoms with Crippen molar-refractivity contribution in [1.82, 2.24) is 9.55 Å². The fraction of sp³-hybridized carbons (Fsp3) is 0.158. The number of nitrogens with zero attached hydrogens (tertiary/aromatic N) is 2. The third-order valence-electron chi connectivity index (χ3n) is 4.24. The first-order valence-corrected chi connectivity index (χ1v) is 8.08. The predicted octanol–water partition coefficient (Wildman–Crippen LogP) is 4.00. The number of halogens is 1. The molecule has 0 bridgehead atoms. The molecule has 0 amide bonds. The molecule has 0 atom stereocenters. The fourth-order valence-electron chi connectivity index (χ4n) is 3.06. The molecule has 1 aliphatic heterocycles. The Morgan fingerprint density at radius 3 is 2.96 bits per heavy atom. The number of hydrogen-bond donors (Lipinski definition) is 0. The van der Waals surface area contributed by atoms with Crippen LogP contribution in [-0.2, 0) is 6.54 Å². The van der Waals surface area contributed by atoms with E-state index in [1.807, 2.05) is 24.3 Å². The van der Waals surface area contributed by atoms with Crippen molar-refractivity contribution < 1.29 is 4.74 Å². The largest absolute Gasteiger partial charge is 0.497 e. The Bertz CT molecular complexity index is 1040. The summed E-state index contributed by atoms with van der Waals surface area (Å²) in [4.78, 5) is 17.3. The van der Waals surface area contributed by atoms with Crippen LogP contribution in [0, 0.1) is 0 Å². The molecule has 4 rings (SSSR count). The molecule has 0 radical (unpaired) electrons. The molecule has 0 fully saturated rings. The van der Waals surface area contributed by atoms with Gasteiger partial charge >= 0.3 is 0 Å². The quantitative estimate of drug-likeness (QED) is 0.709. The smallest absolute Gasteiger partial charge is 0.261 e. The van der Waals surface area contributed by atoms with Gasteiger partial charge in [-0.15, -0.1) is 0 Å². The van der Waals surface area contributed by atoms with Crippen molar-refractivity contribution in [2.24, 2.45) is 0 Å². The van der Waals surface area contributed by atoms with Gasteiger partial charge in [0, 0.05) is 11.6 Å². The van der Waals surface area contributed by atoms with Gasteiger partial charge < -0.3 is 4.74 Å². The Balaban J connectivity index is 1.87. The minimum Gasteiger partial charge on any atom is -0.497 e. The Labute approximate surface area is 144 Å². The van der Waals surface area contributed by atoms with Gasteiger partial charge in [0.1, 0.15) is 11.6 Å². The zero-order chi connectivity index (χ0) is 16.7. The summed E-state index contributed by atoms with van der Waals surface area (Å²) < 4.78 is 7.00. The number of methoxy groups -OCH3 is 1. The van der Waals surface area contributed by atoms with Crippen molar-refractivity contribution in [3.63, 3.8) is 0 Å². The zero-order valence-corrected chi connectivity index (χ0v) is 13.9. The number of ether oxygens (including phenoxy) is 1. The van der Waals surface area contributed by atoms with E-state index in [-0.39, 0.29) is 5.56 Å². The van der Waals surface area contributed by atoms with E-state index in [4.69, 9.17) is 16.3 Å². The van der Waals surface area contributed by atoms with Crippen molar-refractivity contribution in [2.75, 3.05) is 7.11 Å². The molecular weight excluding hydrogens is 324 g/mol. The van der Waals surface area contributed by atoms with Gasteiger partial charge in [0.25, 0.3) is 5.56 Å². The molecule has 1 aromatic heterocycles. The fourth-order valence-corrected chi connectivity index (χ4v) is 3.23. The Morgan fingerprint density at radius 2 is 2.12 bits per heavy atom. The second-order valence-corrected chi connectivity index (χ2v) is 6.19. The average molecular weight is 339 g/mol. The van der Waals surface area contributed by atoms with Crippen LogP contribution in [0.25, 0.3) is 22.6 Å². The molecule has 0 saturated heterocycles. The lowest BCUT2D eigenvalue weighted by molar-refractivity contribution is 0.414. The molecule has 0 N–H and O–H groups in total. The Morgan fingerprint density at radius 1 is 1.25 bits per heavy atom. The standard InChI is InChI=1S/C19H15ClN2O2/c1-24-15-4-2-3-12(10-15)9-13-7-8-22-18(13)21-17-11-14(20)5-6-16(17)19(22)23/h2-6,9-11H,7-8H2,1H3/b13-9+. The second kappa shape index (κ2) is 5.80. The maximum absolute atomic E-state index is 12.7. The molecule has 3 aromatic rings. The maximum atomic E-state index is 12.7. The zero-order valence-electron chi connectivity index (χ0n) is 13.1. The summed E-state index contributed by atoms with van der Waals surface area (Å²) in [6.07, 6.45) is 2.84.